The highest BCUT2D eigenvalue weighted by Gasteiger charge is 2.28. The van der Waals surface area contributed by atoms with Crippen molar-refractivity contribution in [3.05, 3.63) is 133 Å². The molecule has 0 fully saturated rings. The maximum Gasteiger partial charge on any atom is -0.00137 e. The smallest absolute Gasteiger partial charge is 0.00137 e. The minimum atomic E-state index is 1.30. The van der Waals surface area contributed by atoms with Gasteiger partial charge in [-0.15, -0.1) is 0 Å². The van der Waals surface area contributed by atoms with Crippen molar-refractivity contribution in [2.24, 2.45) is 0 Å². The summed E-state index contributed by atoms with van der Waals surface area (Å²) < 4.78 is 0. The van der Waals surface area contributed by atoms with E-state index in [1.807, 2.05) is 0 Å². The Balaban J connectivity index is 1.36. The molecule has 0 radical (unpaired) electrons. The van der Waals surface area contributed by atoms with Crippen molar-refractivity contribution in [2.45, 2.75) is 0 Å². The van der Waals surface area contributed by atoms with Crippen molar-refractivity contribution in [1.29, 1.82) is 0 Å². The number of rotatable bonds is 1. The molecule has 0 heteroatoms. The summed E-state index contributed by atoms with van der Waals surface area (Å²) >= 11 is 0. The number of fused-ring (bicyclic) bond motifs is 9. The lowest BCUT2D eigenvalue weighted by Crippen LogP contribution is -1.90. The van der Waals surface area contributed by atoms with Gasteiger partial charge in [-0.05, 0) is 111 Å². The monoisotopic (exact) mass is 502 g/mol. The standard InChI is InChI=1S/C40H22/c1-2-10-24-22-36-33-20-19-32(29-16-7-17-31(37(29)33)35(36)21-23(24)9-1)38-28-13-5-6-14-30(28)39-26-12-4-3-11-25(26)27-15-8-18-34(38)40(27)39/h1-22H. The van der Waals surface area contributed by atoms with Crippen LogP contribution in [-0.4, -0.2) is 0 Å². The van der Waals surface area contributed by atoms with Gasteiger partial charge in [-0.3, -0.25) is 0 Å². The lowest BCUT2D eigenvalue weighted by atomic mass is 9.85. The number of hydrogen-bond acceptors (Lipinski definition) is 0. The Labute approximate surface area is 231 Å². The van der Waals surface area contributed by atoms with E-state index in [0.29, 0.717) is 0 Å². The first-order chi connectivity index (χ1) is 19.9. The highest BCUT2D eigenvalue weighted by molar-refractivity contribution is 6.31. The molecule has 0 aromatic heterocycles. The average molecular weight is 503 g/mol. The van der Waals surface area contributed by atoms with Crippen LogP contribution in [0.1, 0.15) is 0 Å². The van der Waals surface area contributed by atoms with Gasteiger partial charge in [-0.25, -0.2) is 0 Å². The van der Waals surface area contributed by atoms with Gasteiger partial charge in [-0.2, -0.15) is 0 Å². The van der Waals surface area contributed by atoms with Crippen LogP contribution in [0.4, 0.5) is 0 Å². The van der Waals surface area contributed by atoms with Crippen molar-refractivity contribution in [3.8, 4) is 55.6 Å². The summed E-state index contributed by atoms with van der Waals surface area (Å²) in [6.07, 6.45) is 0. The summed E-state index contributed by atoms with van der Waals surface area (Å²) in [7, 11) is 0. The van der Waals surface area contributed by atoms with E-state index in [0.717, 1.165) is 0 Å². The van der Waals surface area contributed by atoms with Crippen LogP contribution in [0.15, 0.2) is 133 Å². The van der Waals surface area contributed by atoms with Crippen molar-refractivity contribution in [3.63, 3.8) is 0 Å². The van der Waals surface area contributed by atoms with E-state index in [9.17, 15) is 0 Å². The van der Waals surface area contributed by atoms with E-state index >= 15 is 0 Å². The second-order valence-electron chi connectivity index (χ2n) is 11.2. The quantitative estimate of drug-likeness (QED) is 0.196. The van der Waals surface area contributed by atoms with Crippen molar-refractivity contribution < 1.29 is 0 Å². The molecule has 40 heavy (non-hydrogen) atoms. The van der Waals surface area contributed by atoms with Crippen LogP contribution < -0.4 is 0 Å². The van der Waals surface area contributed by atoms with Crippen LogP contribution in [-0.2, 0) is 0 Å². The van der Waals surface area contributed by atoms with Crippen LogP contribution in [0.5, 0.6) is 0 Å². The molecule has 0 spiro atoms. The molecule has 0 amide bonds. The average Bonchev–Trinajstić information content (AvgIpc) is 3.52. The first kappa shape index (κ1) is 20.7. The van der Waals surface area contributed by atoms with E-state index in [-0.39, 0.29) is 0 Å². The molecule has 2 aliphatic rings. The van der Waals surface area contributed by atoms with E-state index in [1.54, 1.807) is 0 Å². The Hall–Kier alpha value is -5.20. The summed E-state index contributed by atoms with van der Waals surface area (Å²) in [5.41, 5.74) is 13.4. The van der Waals surface area contributed by atoms with E-state index in [1.165, 1.54) is 98.7 Å². The Morgan fingerprint density at radius 1 is 0.250 bits per heavy atom. The second kappa shape index (κ2) is 7.25. The van der Waals surface area contributed by atoms with Crippen molar-refractivity contribution in [1.82, 2.24) is 0 Å². The van der Waals surface area contributed by atoms with Crippen LogP contribution in [0.3, 0.4) is 0 Å². The third-order valence-electron chi connectivity index (χ3n) is 9.31. The number of benzene rings is 8. The van der Waals surface area contributed by atoms with Gasteiger partial charge in [0.15, 0.2) is 0 Å². The molecule has 8 aromatic carbocycles. The molecule has 10 rings (SSSR count). The lowest BCUT2D eigenvalue weighted by molar-refractivity contribution is 1.70. The Kier molecular flexibility index (Phi) is 3.76. The zero-order valence-electron chi connectivity index (χ0n) is 21.7. The summed E-state index contributed by atoms with van der Waals surface area (Å²) in [5, 5.41) is 10.7. The maximum absolute atomic E-state index is 2.38. The van der Waals surface area contributed by atoms with E-state index in [2.05, 4.69) is 133 Å². The molecule has 0 saturated carbocycles. The fourth-order valence-corrected chi connectivity index (χ4v) is 7.72. The molecule has 2 aliphatic carbocycles. The highest BCUT2D eigenvalue weighted by Crippen LogP contribution is 2.56. The molecule has 0 saturated heterocycles. The fraction of sp³-hybridized carbons (Fsp3) is 0. The third kappa shape index (κ3) is 2.43. The Bertz CT molecular complexity index is 2370. The normalized spacial score (nSPS) is 12.5. The molecule has 0 heterocycles. The minimum Gasteiger partial charge on any atom is -0.0616 e. The lowest BCUT2D eigenvalue weighted by Gasteiger charge is -2.17. The summed E-state index contributed by atoms with van der Waals surface area (Å²) in [6.45, 7) is 0. The topological polar surface area (TPSA) is 0 Å². The second-order valence-corrected chi connectivity index (χ2v) is 11.2. The molecular formula is C40H22. The number of hydrogen-bond donors (Lipinski definition) is 0. The van der Waals surface area contributed by atoms with Gasteiger partial charge >= 0.3 is 0 Å². The van der Waals surface area contributed by atoms with Crippen LogP contribution >= 0.6 is 0 Å². The fourth-order valence-electron chi connectivity index (χ4n) is 7.72. The minimum absolute atomic E-state index is 1.30. The Morgan fingerprint density at radius 2 is 0.750 bits per heavy atom. The maximum atomic E-state index is 2.38. The van der Waals surface area contributed by atoms with E-state index < -0.39 is 0 Å². The molecule has 0 aliphatic heterocycles. The Morgan fingerprint density at radius 3 is 1.50 bits per heavy atom. The molecule has 8 aromatic rings. The highest BCUT2D eigenvalue weighted by atomic mass is 14.3. The summed E-state index contributed by atoms with van der Waals surface area (Å²) in [5.74, 6) is 0. The van der Waals surface area contributed by atoms with Gasteiger partial charge in [-0.1, -0.05) is 121 Å². The molecule has 0 nitrogen and oxygen atoms in total. The molecule has 0 unspecified atom stereocenters. The molecule has 0 bridgehead atoms. The predicted molar refractivity (Wildman–Crippen MR) is 171 cm³/mol. The SMILES string of the molecule is c1ccc2c(c1)-c1cccc3c(-c4ccc5c6c(cccc46)-c4cc6ccccc6cc4-5)c4ccccc4c-2c13. The largest absolute Gasteiger partial charge is 0.0616 e. The van der Waals surface area contributed by atoms with Gasteiger partial charge in [0, 0.05) is 0 Å². The van der Waals surface area contributed by atoms with Gasteiger partial charge in [0.25, 0.3) is 0 Å². The zero-order chi connectivity index (χ0) is 25.9. The summed E-state index contributed by atoms with van der Waals surface area (Å²) in [6, 6.07) is 49.9. The zero-order valence-corrected chi connectivity index (χ0v) is 21.7. The van der Waals surface area contributed by atoms with Crippen LogP contribution in [0, 0.1) is 0 Å². The first-order valence-corrected chi connectivity index (χ1v) is 14.0. The van der Waals surface area contributed by atoms with E-state index in [4.69, 9.17) is 0 Å². The predicted octanol–water partition coefficient (Wildman–Crippen LogP) is 11.3. The molecular weight excluding hydrogens is 480 g/mol. The van der Waals surface area contributed by atoms with Gasteiger partial charge in [0.05, 0.1) is 0 Å². The van der Waals surface area contributed by atoms with Crippen LogP contribution in [0.25, 0.3) is 98.7 Å². The van der Waals surface area contributed by atoms with Gasteiger partial charge in [0.2, 0.25) is 0 Å². The first-order valence-electron chi connectivity index (χ1n) is 14.0. The third-order valence-corrected chi connectivity index (χ3v) is 9.31. The van der Waals surface area contributed by atoms with Crippen molar-refractivity contribution >= 4 is 43.1 Å². The van der Waals surface area contributed by atoms with Crippen molar-refractivity contribution in [2.75, 3.05) is 0 Å². The molecule has 0 N–H and O–H groups in total. The molecule has 0 atom stereocenters. The van der Waals surface area contributed by atoms with Crippen LogP contribution in [0.2, 0.25) is 0 Å². The van der Waals surface area contributed by atoms with Gasteiger partial charge < -0.3 is 0 Å². The van der Waals surface area contributed by atoms with Gasteiger partial charge in [0.1, 0.15) is 0 Å². The molecule has 182 valence electrons. The summed E-state index contributed by atoms with van der Waals surface area (Å²) in [4.78, 5) is 0.